The van der Waals surface area contributed by atoms with Gasteiger partial charge in [0.25, 0.3) is 17.7 Å². The second kappa shape index (κ2) is 33.4. The van der Waals surface area contributed by atoms with Crippen molar-refractivity contribution in [3.63, 3.8) is 0 Å². The number of esters is 3. The smallest absolute Gasteiger partial charge is 0.340 e. The number of anilines is 3. The summed E-state index contributed by atoms with van der Waals surface area (Å²) in [6, 6.07) is 45.3. The highest BCUT2D eigenvalue weighted by Gasteiger charge is 2.36. The maximum Gasteiger partial charge on any atom is 0.340 e. The van der Waals surface area contributed by atoms with Gasteiger partial charge < -0.3 is 43.6 Å². The quantitative estimate of drug-likeness (QED) is 0.0361. The van der Waals surface area contributed by atoms with Crippen LogP contribution in [0.1, 0.15) is 132 Å². The molecule has 6 aromatic rings. The fourth-order valence-corrected chi connectivity index (χ4v) is 12.5. The number of amides is 3. The SMILES string of the molecule is CCOC(=O)c1cccc(C)c1NC(=O)C[N+]1(Cc2ccccc2)CCCCC1.CCOC(=O)c1cccc(Cl)c1NC(=O)C[N+]1(Cc2ccccc2)CCCCC1.CCOC(=O)c1cccc(F)c1NC(=O)C[N+]1(Cc2ccccc2)CCCCC1. The van der Waals surface area contributed by atoms with E-state index in [4.69, 9.17) is 25.8 Å². The molecule has 0 bridgehead atoms. The molecule has 0 unspecified atom stereocenters. The molecule has 462 valence electrons. The summed E-state index contributed by atoms with van der Waals surface area (Å²) in [7, 11) is 0. The molecular weight excluding hydrogens is 1120 g/mol. The first-order valence-electron chi connectivity index (χ1n) is 30.8. The van der Waals surface area contributed by atoms with E-state index < -0.39 is 23.7 Å². The minimum atomic E-state index is -0.645. The van der Waals surface area contributed by atoms with Crippen molar-refractivity contribution in [1.29, 1.82) is 0 Å². The van der Waals surface area contributed by atoms with E-state index in [9.17, 15) is 33.2 Å². The number of carbonyl (C=O) groups is 6. The van der Waals surface area contributed by atoms with Crippen molar-refractivity contribution in [2.45, 2.75) is 105 Å². The lowest BCUT2D eigenvalue weighted by Gasteiger charge is -2.41. The van der Waals surface area contributed by atoms with E-state index in [2.05, 4.69) is 64.5 Å². The number of halogens is 2. The molecule has 3 saturated heterocycles. The average Bonchev–Trinajstić information content (AvgIpc) is 3.69. The Bertz CT molecular complexity index is 2880. The maximum atomic E-state index is 14.4. The van der Waals surface area contributed by atoms with Crippen LogP contribution in [-0.2, 0) is 48.2 Å². The molecule has 6 aromatic carbocycles. The number of para-hydroxylation sites is 3. The van der Waals surface area contributed by atoms with Crippen LogP contribution in [0.4, 0.5) is 21.5 Å². The lowest BCUT2D eigenvalue weighted by atomic mass is 10.0. The van der Waals surface area contributed by atoms with Gasteiger partial charge in [0.1, 0.15) is 25.5 Å². The summed E-state index contributed by atoms with van der Waals surface area (Å²) in [5.41, 5.74) is 6.03. The van der Waals surface area contributed by atoms with Crippen molar-refractivity contribution >= 4 is 64.3 Å². The molecule has 0 aliphatic carbocycles. The summed E-state index contributed by atoms with van der Waals surface area (Å²) in [6.07, 6.45) is 10.2. The highest BCUT2D eigenvalue weighted by Crippen LogP contribution is 2.31. The summed E-state index contributed by atoms with van der Waals surface area (Å²) in [4.78, 5) is 75.7. The van der Waals surface area contributed by atoms with E-state index in [1.165, 1.54) is 47.7 Å². The molecule has 3 fully saturated rings. The largest absolute Gasteiger partial charge is 0.462 e. The number of nitrogens with one attached hydrogen (secondary N) is 3. The third-order valence-electron chi connectivity index (χ3n) is 16.4. The van der Waals surface area contributed by atoms with Crippen LogP contribution in [0.15, 0.2) is 146 Å². The summed E-state index contributed by atoms with van der Waals surface area (Å²) in [5, 5.41) is 8.89. The zero-order chi connectivity index (χ0) is 62.1. The average molecular weight is 1210 g/mol. The predicted molar refractivity (Wildman–Crippen MR) is 339 cm³/mol. The zero-order valence-electron chi connectivity index (χ0n) is 51.1. The fourth-order valence-electron chi connectivity index (χ4n) is 12.3. The molecule has 0 saturated carbocycles. The zero-order valence-corrected chi connectivity index (χ0v) is 51.9. The number of quaternary nitrogens is 3. The van der Waals surface area contributed by atoms with E-state index in [1.807, 2.05) is 61.5 Å². The molecule has 3 amide bonds. The number of benzene rings is 6. The van der Waals surface area contributed by atoms with Crippen LogP contribution in [0, 0.1) is 12.7 Å². The second-order valence-corrected chi connectivity index (χ2v) is 23.5. The molecule has 15 nitrogen and oxygen atoms in total. The Kier molecular flexibility index (Phi) is 25.6. The van der Waals surface area contributed by atoms with Crippen LogP contribution in [-0.4, -0.2) is 128 Å². The van der Waals surface area contributed by atoms with Crippen molar-refractivity contribution in [3.8, 4) is 0 Å². The number of piperidine rings is 3. The molecule has 87 heavy (non-hydrogen) atoms. The molecule has 0 atom stereocenters. The molecular formula is C70H87ClFN6O9+3. The van der Waals surface area contributed by atoms with Gasteiger partial charge in [-0.1, -0.05) is 127 Å². The number of hydrogen-bond acceptors (Lipinski definition) is 9. The Balaban J connectivity index is 0.000000186. The Morgan fingerprint density at radius 2 is 0.713 bits per heavy atom. The number of rotatable bonds is 21. The number of hydrogen-bond donors (Lipinski definition) is 3. The molecule has 0 aromatic heterocycles. The minimum Gasteiger partial charge on any atom is -0.462 e. The lowest BCUT2D eigenvalue weighted by Crippen LogP contribution is -2.54. The number of nitrogens with zero attached hydrogens (tertiary/aromatic N) is 3. The van der Waals surface area contributed by atoms with Gasteiger partial charge in [0.2, 0.25) is 0 Å². The van der Waals surface area contributed by atoms with E-state index in [0.717, 1.165) is 118 Å². The minimum absolute atomic E-state index is 0.0356. The van der Waals surface area contributed by atoms with Gasteiger partial charge in [-0.15, -0.1) is 0 Å². The van der Waals surface area contributed by atoms with Crippen molar-refractivity contribution in [3.05, 3.63) is 195 Å². The highest BCUT2D eigenvalue weighted by atomic mass is 35.5. The van der Waals surface area contributed by atoms with Crippen LogP contribution in [0.5, 0.6) is 0 Å². The third-order valence-corrected chi connectivity index (χ3v) is 16.7. The first-order chi connectivity index (χ1) is 42.1. The van der Waals surface area contributed by atoms with Crippen molar-refractivity contribution in [1.82, 2.24) is 0 Å². The highest BCUT2D eigenvalue weighted by molar-refractivity contribution is 6.34. The second-order valence-electron chi connectivity index (χ2n) is 23.1. The van der Waals surface area contributed by atoms with Crippen LogP contribution >= 0.6 is 11.6 Å². The first-order valence-corrected chi connectivity index (χ1v) is 31.2. The van der Waals surface area contributed by atoms with Gasteiger partial charge in [-0.3, -0.25) is 14.4 Å². The molecule has 0 radical (unpaired) electrons. The summed E-state index contributed by atoms with van der Waals surface area (Å²) in [5.74, 6) is -2.66. The van der Waals surface area contributed by atoms with E-state index in [0.29, 0.717) is 46.1 Å². The predicted octanol–water partition coefficient (Wildman–Crippen LogP) is 13.1. The Labute approximate surface area is 517 Å². The van der Waals surface area contributed by atoms with Crippen molar-refractivity contribution < 1.29 is 60.8 Å². The van der Waals surface area contributed by atoms with E-state index in [-0.39, 0.29) is 54.3 Å². The van der Waals surface area contributed by atoms with Gasteiger partial charge in [0.05, 0.1) is 97.9 Å². The molecule has 3 heterocycles. The number of carbonyl (C=O) groups excluding carboxylic acids is 6. The van der Waals surface area contributed by atoms with Gasteiger partial charge in [-0.2, -0.15) is 0 Å². The van der Waals surface area contributed by atoms with Crippen LogP contribution in [0.2, 0.25) is 5.02 Å². The topological polar surface area (TPSA) is 166 Å². The van der Waals surface area contributed by atoms with Gasteiger partial charge in [0, 0.05) is 16.7 Å². The summed E-state index contributed by atoms with van der Waals surface area (Å²) in [6.45, 7) is 17.0. The van der Waals surface area contributed by atoms with Crippen LogP contribution in [0.25, 0.3) is 0 Å². The van der Waals surface area contributed by atoms with Gasteiger partial charge in [0.15, 0.2) is 19.6 Å². The number of likely N-dealkylation sites (tertiary alicyclic amines) is 3. The molecule has 3 aliphatic rings. The first kappa shape index (κ1) is 66.8. The van der Waals surface area contributed by atoms with Gasteiger partial charge in [-0.25, -0.2) is 18.8 Å². The van der Waals surface area contributed by atoms with Gasteiger partial charge >= 0.3 is 17.9 Å². The summed E-state index contributed by atoms with van der Waals surface area (Å²) < 4.78 is 31.8. The van der Waals surface area contributed by atoms with Crippen molar-refractivity contribution in [2.75, 3.05) is 94.7 Å². The van der Waals surface area contributed by atoms with Gasteiger partial charge in [-0.05, 0) is 121 Å². The van der Waals surface area contributed by atoms with Crippen molar-refractivity contribution in [2.24, 2.45) is 0 Å². The molecule has 3 N–H and O–H groups in total. The molecule has 17 heteroatoms. The molecule has 9 rings (SSSR count). The number of aryl methyl sites for hydroxylation is 1. The monoisotopic (exact) mass is 1210 g/mol. The van der Waals surface area contributed by atoms with E-state index in [1.54, 1.807) is 45.0 Å². The Morgan fingerprint density at radius 1 is 0.402 bits per heavy atom. The van der Waals surface area contributed by atoms with Crippen LogP contribution in [0.3, 0.4) is 0 Å². The summed E-state index contributed by atoms with van der Waals surface area (Å²) >= 11 is 6.30. The number of ether oxygens (including phenoxy) is 3. The standard InChI is InChI=1S/C24H30N2O3.C23H27ClN2O3.C23H27FN2O3/c1-3-29-24(28)21-14-10-11-19(2)23(21)25-22(27)18-26(15-8-5-9-16-26)17-20-12-6-4-7-13-20;2*1-2-29-23(28)19-12-9-13-20(24)22(19)25-21(27)17-26(14-7-4-8-15-26)16-18-10-5-3-6-11-18/h4,6-7,10-14H,3,5,8-9,15-18H2,1-2H3;2*3,5-6,9-13H,2,4,7-8,14-17H2,1H3/p+3. The normalized spacial score (nSPS) is 15.5. The fraction of sp³-hybridized carbons (Fsp3) is 0.400. The van der Waals surface area contributed by atoms with Crippen LogP contribution < -0.4 is 16.0 Å². The Morgan fingerprint density at radius 3 is 1.08 bits per heavy atom. The third kappa shape index (κ3) is 19.9. The van der Waals surface area contributed by atoms with E-state index >= 15 is 0 Å². The molecule has 3 aliphatic heterocycles. The Hall–Kier alpha value is -7.76. The maximum absolute atomic E-state index is 14.4. The lowest BCUT2D eigenvalue weighted by molar-refractivity contribution is -0.937. The molecule has 0 spiro atoms.